The van der Waals surface area contributed by atoms with Crippen molar-refractivity contribution in [2.45, 2.75) is 38.6 Å². The number of hydrogen-bond acceptors (Lipinski definition) is 2. The predicted molar refractivity (Wildman–Crippen MR) is 70.0 cm³/mol. The minimum absolute atomic E-state index is 0.606. The Morgan fingerprint density at radius 2 is 2.19 bits per heavy atom. The number of nitrogens with one attached hydrogen (secondary N) is 2. The molecule has 1 atom stereocenters. The zero-order valence-electron chi connectivity index (χ0n) is 10.3. The van der Waals surface area contributed by atoms with Crippen LogP contribution in [0, 0.1) is 0 Å². The molecule has 0 radical (unpaired) electrons. The van der Waals surface area contributed by atoms with Crippen LogP contribution in [0.15, 0.2) is 24.3 Å². The summed E-state index contributed by atoms with van der Waals surface area (Å²) >= 11 is 0. The summed E-state index contributed by atoms with van der Waals surface area (Å²) in [6.45, 7) is 6.65. The van der Waals surface area contributed by atoms with E-state index < -0.39 is 0 Å². The summed E-state index contributed by atoms with van der Waals surface area (Å²) in [5, 5.41) is 6.95. The van der Waals surface area contributed by atoms with Crippen molar-refractivity contribution in [3.63, 3.8) is 0 Å². The largest absolute Gasteiger partial charge is 0.384 e. The topological polar surface area (TPSA) is 24.1 Å². The van der Waals surface area contributed by atoms with Crippen LogP contribution >= 0.6 is 0 Å². The number of para-hydroxylation sites is 1. The van der Waals surface area contributed by atoms with Crippen LogP contribution in [-0.4, -0.2) is 19.1 Å². The Balaban J connectivity index is 1.80. The summed E-state index contributed by atoms with van der Waals surface area (Å²) in [4.78, 5) is 0. The van der Waals surface area contributed by atoms with E-state index in [1.54, 1.807) is 0 Å². The lowest BCUT2D eigenvalue weighted by Crippen LogP contribution is -2.24. The zero-order chi connectivity index (χ0) is 11.4. The minimum Gasteiger partial charge on any atom is -0.384 e. The number of fused-ring (bicyclic) bond motifs is 1. The summed E-state index contributed by atoms with van der Waals surface area (Å²) in [6, 6.07) is 9.30. The lowest BCUT2D eigenvalue weighted by Gasteiger charge is -2.11. The third kappa shape index (κ3) is 2.76. The van der Waals surface area contributed by atoms with Crippen LogP contribution in [0.1, 0.15) is 38.2 Å². The van der Waals surface area contributed by atoms with Gasteiger partial charge in [0.15, 0.2) is 0 Å². The van der Waals surface area contributed by atoms with Gasteiger partial charge in [0.2, 0.25) is 0 Å². The fourth-order valence-electron chi connectivity index (χ4n) is 2.35. The Hall–Kier alpha value is -1.02. The van der Waals surface area contributed by atoms with Crippen molar-refractivity contribution < 1.29 is 0 Å². The second-order valence-corrected chi connectivity index (χ2v) is 4.92. The molecule has 1 aliphatic rings. The summed E-state index contributed by atoms with van der Waals surface area (Å²) in [7, 11) is 0. The molecule has 1 unspecified atom stereocenters. The molecular weight excluding hydrogens is 196 g/mol. The van der Waals surface area contributed by atoms with Crippen molar-refractivity contribution in [3.8, 4) is 0 Å². The summed E-state index contributed by atoms with van der Waals surface area (Å²) in [6.07, 6.45) is 2.54. The quantitative estimate of drug-likeness (QED) is 0.742. The molecule has 0 saturated carbocycles. The van der Waals surface area contributed by atoms with Gasteiger partial charge in [0.25, 0.3) is 0 Å². The van der Waals surface area contributed by atoms with Crippen molar-refractivity contribution in [1.29, 1.82) is 0 Å². The Kier molecular flexibility index (Phi) is 3.83. The Morgan fingerprint density at radius 1 is 1.38 bits per heavy atom. The van der Waals surface area contributed by atoms with Crippen LogP contribution in [0.5, 0.6) is 0 Å². The normalized spacial score (nSPS) is 18.6. The molecule has 88 valence electrons. The van der Waals surface area contributed by atoms with Crippen LogP contribution in [0.3, 0.4) is 0 Å². The van der Waals surface area contributed by atoms with Gasteiger partial charge in [0, 0.05) is 24.2 Å². The average Bonchev–Trinajstić information content (AvgIpc) is 2.68. The standard InChI is InChI=1S/C14H22N2/c1-11(2)15-9-5-6-12-10-16-14-8-4-3-7-13(12)14/h3-4,7-8,11-12,15-16H,5-6,9-10H2,1-2H3. The van der Waals surface area contributed by atoms with E-state index in [1.165, 1.54) is 24.1 Å². The molecule has 0 aliphatic carbocycles. The van der Waals surface area contributed by atoms with E-state index in [0.29, 0.717) is 12.0 Å². The highest BCUT2D eigenvalue weighted by molar-refractivity contribution is 5.57. The van der Waals surface area contributed by atoms with Gasteiger partial charge < -0.3 is 10.6 Å². The highest BCUT2D eigenvalue weighted by Crippen LogP contribution is 2.33. The van der Waals surface area contributed by atoms with E-state index in [9.17, 15) is 0 Å². The molecule has 16 heavy (non-hydrogen) atoms. The van der Waals surface area contributed by atoms with Crippen molar-refractivity contribution in [2.24, 2.45) is 0 Å². The van der Waals surface area contributed by atoms with E-state index in [1.807, 2.05) is 0 Å². The van der Waals surface area contributed by atoms with Gasteiger partial charge in [-0.3, -0.25) is 0 Å². The van der Waals surface area contributed by atoms with Crippen LogP contribution in [0.25, 0.3) is 0 Å². The van der Waals surface area contributed by atoms with Crippen LogP contribution in [-0.2, 0) is 0 Å². The highest BCUT2D eigenvalue weighted by atomic mass is 14.9. The number of hydrogen-bond donors (Lipinski definition) is 2. The third-order valence-corrected chi connectivity index (χ3v) is 3.22. The molecule has 1 aromatic carbocycles. The summed E-state index contributed by atoms with van der Waals surface area (Å²) < 4.78 is 0. The smallest absolute Gasteiger partial charge is 0.0376 e. The first-order valence-electron chi connectivity index (χ1n) is 6.33. The highest BCUT2D eigenvalue weighted by Gasteiger charge is 2.20. The maximum Gasteiger partial charge on any atom is 0.0376 e. The maximum atomic E-state index is 3.48. The number of anilines is 1. The molecule has 2 N–H and O–H groups in total. The van der Waals surface area contributed by atoms with Gasteiger partial charge >= 0.3 is 0 Å². The van der Waals surface area contributed by atoms with Gasteiger partial charge in [-0.15, -0.1) is 0 Å². The molecule has 0 spiro atoms. The molecule has 0 amide bonds. The fourth-order valence-corrected chi connectivity index (χ4v) is 2.35. The number of rotatable bonds is 5. The first kappa shape index (κ1) is 11.5. The molecule has 2 rings (SSSR count). The van der Waals surface area contributed by atoms with E-state index in [4.69, 9.17) is 0 Å². The fraction of sp³-hybridized carbons (Fsp3) is 0.571. The van der Waals surface area contributed by atoms with E-state index >= 15 is 0 Å². The van der Waals surface area contributed by atoms with Crippen LogP contribution < -0.4 is 10.6 Å². The average molecular weight is 218 g/mol. The van der Waals surface area contributed by atoms with Gasteiger partial charge in [-0.05, 0) is 31.0 Å². The molecule has 1 heterocycles. The van der Waals surface area contributed by atoms with Gasteiger partial charge in [-0.2, -0.15) is 0 Å². The second kappa shape index (κ2) is 5.35. The Morgan fingerprint density at radius 3 is 3.00 bits per heavy atom. The summed E-state index contributed by atoms with van der Waals surface area (Å²) in [5.41, 5.74) is 2.84. The summed E-state index contributed by atoms with van der Waals surface area (Å²) in [5.74, 6) is 0.713. The van der Waals surface area contributed by atoms with E-state index in [2.05, 4.69) is 48.7 Å². The molecule has 0 fully saturated rings. The predicted octanol–water partition coefficient (Wildman–Crippen LogP) is 2.97. The van der Waals surface area contributed by atoms with E-state index in [-0.39, 0.29) is 0 Å². The van der Waals surface area contributed by atoms with Gasteiger partial charge in [-0.1, -0.05) is 32.0 Å². The van der Waals surface area contributed by atoms with Crippen molar-refractivity contribution in [3.05, 3.63) is 29.8 Å². The molecule has 2 heteroatoms. The second-order valence-electron chi connectivity index (χ2n) is 4.92. The lowest BCUT2D eigenvalue weighted by atomic mass is 9.96. The molecule has 0 bridgehead atoms. The number of benzene rings is 1. The van der Waals surface area contributed by atoms with Gasteiger partial charge in [0.1, 0.15) is 0 Å². The molecule has 1 aliphatic heterocycles. The first-order valence-corrected chi connectivity index (χ1v) is 6.33. The maximum absolute atomic E-state index is 3.48. The molecule has 0 aromatic heterocycles. The molecule has 0 saturated heterocycles. The molecular formula is C14H22N2. The van der Waals surface area contributed by atoms with Gasteiger partial charge in [0.05, 0.1) is 0 Å². The Labute approximate surface area is 98.4 Å². The van der Waals surface area contributed by atoms with Crippen LogP contribution in [0.4, 0.5) is 5.69 Å². The van der Waals surface area contributed by atoms with E-state index in [0.717, 1.165) is 13.1 Å². The van der Waals surface area contributed by atoms with Crippen molar-refractivity contribution in [2.75, 3.05) is 18.4 Å². The molecule has 2 nitrogen and oxygen atoms in total. The zero-order valence-corrected chi connectivity index (χ0v) is 10.3. The monoisotopic (exact) mass is 218 g/mol. The lowest BCUT2D eigenvalue weighted by molar-refractivity contribution is 0.535. The molecule has 1 aromatic rings. The SMILES string of the molecule is CC(C)NCCCC1CNc2ccccc21. The van der Waals surface area contributed by atoms with Crippen LogP contribution in [0.2, 0.25) is 0 Å². The first-order chi connectivity index (χ1) is 7.77. The van der Waals surface area contributed by atoms with Crippen molar-refractivity contribution >= 4 is 5.69 Å². The minimum atomic E-state index is 0.606. The Bertz CT molecular complexity index is 333. The third-order valence-electron chi connectivity index (χ3n) is 3.22. The van der Waals surface area contributed by atoms with Crippen molar-refractivity contribution in [1.82, 2.24) is 5.32 Å². The van der Waals surface area contributed by atoms with Gasteiger partial charge in [-0.25, -0.2) is 0 Å².